The summed E-state index contributed by atoms with van der Waals surface area (Å²) in [6, 6.07) is 3.81. The van der Waals surface area contributed by atoms with E-state index < -0.39 is 41.2 Å². The van der Waals surface area contributed by atoms with E-state index in [1.54, 1.807) is 0 Å². The molecule has 2 aliphatic rings. The summed E-state index contributed by atoms with van der Waals surface area (Å²) in [7, 11) is 0. The van der Waals surface area contributed by atoms with Gasteiger partial charge in [0.2, 0.25) is 5.91 Å². The molecule has 1 aromatic carbocycles. The molecule has 0 radical (unpaired) electrons. The summed E-state index contributed by atoms with van der Waals surface area (Å²) in [6.07, 6.45) is 0. The van der Waals surface area contributed by atoms with Crippen LogP contribution < -0.4 is 11.1 Å². The summed E-state index contributed by atoms with van der Waals surface area (Å²) in [5.74, 6) is -2.77. The number of carboxylic acids is 1. The molecule has 2 amide bonds. The third-order valence-electron chi connectivity index (χ3n) is 4.53. The number of thioether (sulfide) groups is 1. The Morgan fingerprint density at radius 3 is 2.59 bits per heavy atom. The van der Waals surface area contributed by atoms with Crippen molar-refractivity contribution < 1.29 is 34.1 Å². The number of aromatic hydroxyl groups is 1. The first-order chi connectivity index (χ1) is 13.7. The minimum atomic E-state index is -1.31. The maximum absolute atomic E-state index is 12.6. The number of rotatable bonds is 6. The van der Waals surface area contributed by atoms with Crippen LogP contribution in [0.25, 0.3) is 0 Å². The molecule has 3 atom stereocenters. The van der Waals surface area contributed by atoms with Crippen molar-refractivity contribution in [3.05, 3.63) is 41.1 Å². The second-order valence-corrected chi connectivity index (χ2v) is 7.61. The van der Waals surface area contributed by atoms with Crippen molar-refractivity contribution in [2.45, 2.75) is 24.4 Å². The van der Waals surface area contributed by atoms with Gasteiger partial charge < -0.3 is 26.0 Å². The lowest BCUT2D eigenvalue weighted by Crippen LogP contribution is -2.71. The fourth-order valence-electron chi connectivity index (χ4n) is 3.06. The zero-order valence-corrected chi connectivity index (χ0v) is 16.1. The number of nitrogens with two attached hydrogens (primary N) is 1. The number of nitrogens with one attached hydrogen (secondary N) is 1. The van der Waals surface area contributed by atoms with Crippen molar-refractivity contribution in [1.82, 2.24) is 10.2 Å². The molecule has 0 aromatic heterocycles. The standard InChI is InChI=1S/C18H19N3O7S/c1-8(22)28-6-10-7-29-17-13(16(25)21(17)14(10)18(26)27)20-15(24)12(19)9-2-4-11(23)5-3-9/h2-5,12-13,17,23H,6-7,19H2,1H3,(H,20,24)(H,26,27)/t12?,13?,17-/m1/s1. The van der Waals surface area contributed by atoms with E-state index in [2.05, 4.69) is 5.32 Å². The third kappa shape index (κ3) is 4.05. The van der Waals surface area contributed by atoms with Gasteiger partial charge in [0.1, 0.15) is 35.5 Å². The molecule has 0 aliphatic carbocycles. The van der Waals surface area contributed by atoms with Crippen molar-refractivity contribution in [2.24, 2.45) is 5.73 Å². The monoisotopic (exact) mass is 421 g/mol. The van der Waals surface area contributed by atoms with Gasteiger partial charge >= 0.3 is 11.9 Å². The van der Waals surface area contributed by atoms with Gasteiger partial charge in [0.25, 0.3) is 5.91 Å². The van der Waals surface area contributed by atoms with E-state index in [0.29, 0.717) is 11.1 Å². The summed E-state index contributed by atoms with van der Waals surface area (Å²) in [5, 5.41) is 20.8. The molecule has 5 N–H and O–H groups in total. The molecule has 11 heteroatoms. The Labute approximate surface area is 169 Å². The zero-order chi connectivity index (χ0) is 21.3. The number of ether oxygens (including phenoxy) is 1. The van der Waals surface area contributed by atoms with Crippen LogP contribution in [0.5, 0.6) is 5.75 Å². The average molecular weight is 421 g/mol. The number of aliphatic carboxylic acids is 1. The highest BCUT2D eigenvalue weighted by Crippen LogP contribution is 2.40. The van der Waals surface area contributed by atoms with E-state index in [4.69, 9.17) is 10.5 Å². The van der Waals surface area contributed by atoms with E-state index in [-0.39, 0.29) is 23.8 Å². The molecule has 1 aromatic rings. The van der Waals surface area contributed by atoms with Crippen LogP contribution in [-0.4, -0.2) is 62.6 Å². The number of fused-ring (bicyclic) bond motifs is 1. The number of β-lactam (4-membered cyclic amide) rings is 1. The number of benzene rings is 1. The van der Waals surface area contributed by atoms with Gasteiger partial charge in [0.15, 0.2) is 0 Å². The Balaban J connectivity index is 1.71. The van der Waals surface area contributed by atoms with E-state index in [9.17, 15) is 29.4 Å². The molecule has 3 rings (SSSR count). The highest BCUT2D eigenvalue weighted by molar-refractivity contribution is 8.00. The largest absolute Gasteiger partial charge is 0.508 e. The van der Waals surface area contributed by atoms with Gasteiger partial charge in [-0.15, -0.1) is 11.8 Å². The number of esters is 1. The van der Waals surface area contributed by atoms with E-state index in [1.165, 1.54) is 43.0 Å². The van der Waals surface area contributed by atoms with Gasteiger partial charge in [-0.2, -0.15) is 0 Å². The Morgan fingerprint density at radius 1 is 1.34 bits per heavy atom. The van der Waals surface area contributed by atoms with Gasteiger partial charge in [-0.1, -0.05) is 12.1 Å². The Kier molecular flexibility index (Phi) is 5.80. The second-order valence-electron chi connectivity index (χ2n) is 6.50. The second kappa shape index (κ2) is 8.13. The number of carbonyl (C=O) groups is 4. The molecule has 2 unspecified atom stereocenters. The summed E-state index contributed by atoms with van der Waals surface area (Å²) >= 11 is 1.26. The van der Waals surface area contributed by atoms with Gasteiger partial charge in [0.05, 0.1) is 0 Å². The van der Waals surface area contributed by atoms with Crippen molar-refractivity contribution in [1.29, 1.82) is 0 Å². The smallest absolute Gasteiger partial charge is 0.352 e. The SMILES string of the molecule is CC(=O)OCC1=C(C(=O)O)N2C(=O)C(NC(=O)C(N)c3ccc(O)cc3)[C@H]2SC1. The normalized spacial score (nSPS) is 21.7. The van der Waals surface area contributed by atoms with Gasteiger partial charge in [-0.05, 0) is 17.7 Å². The van der Waals surface area contributed by atoms with Crippen LogP contribution in [0.3, 0.4) is 0 Å². The number of carboxylic acid groups (broad SMARTS) is 1. The third-order valence-corrected chi connectivity index (χ3v) is 5.87. The van der Waals surface area contributed by atoms with Crippen LogP contribution in [0.1, 0.15) is 18.5 Å². The van der Waals surface area contributed by atoms with Gasteiger partial charge in [-0.3, -0.25) is 19.3 Å². The average Bonchev–Trinajstić information content (AvgIpc) is 2.69. The quantitative estimate of drug-likeness (QED) is 0.357. The van der Waals surface area contributed by atoms with E-state index in [0.717, 1.165) is 4.90 Å². The first-order valence-corrected chi connectivity index (χ1v) is 9.63. The predicted molar refractivity (Wildman–Crippen MR) is 101 cm³/mol. The van der Waals surface area contributed by atoms with Crippen molar-refractivity contribution in [3.8, 4) is 5.75 Å². The van der Waals surface area contributed by atoms with Crippen LogP contribution in [-0.2, 0) is 23.9 Å². The van der Waals surface area contributed by atoms with Crippen LogP contribution in [0.15, 0.2) is 35.5 Å². The number of nitrogens with zero attached hydrogens (tertiary/aromatic N) is 1. The maximum atomic E-state index is 12.6. The molecular weight excluding hydrogens is 402 g/mol. The summed E-state index contributed by atoms with van der Waals surface area (Å²) in [5.41, 5.74) is 6.46. The summed E-state index contributed by atoms with van der Waals surface area (Å²) in [6.45, 7) is 0.987. The van der Waals surface area contributed by atoms with Crippen molar-refractivity contribution in [2.75, 3.05) is 12.4 Å². The molecule has 0 bridgehead atoms. The number of phenolic OH excluding ortho intramolecular Hbond substituents is 1. The number of carbonyl (C=O) groups excluding carboxylic acids is 3. The summed E-state index contributed by atoms with van der Waals surface area (Å²) in [4.78, 5) is 48.8. The van der Waals surface area contributed by atoms with E-state index >= 15 is 0 Å². The Bertz CT molecular complexity index is 899. The minimum absolute atomic E-state index is 0.0299. The molecule has 2 aliphatic heterocycles. The van der Waals surface area contributed by atoms with Crippen LogP contribution in [0.4, 0.5) is 0 Å². The number of hydrogen-bond acceptors (Lipinski definition) is 8. The van der Waals surface area contributed by atoms with Gasteiger partial charge in [0, 0.05) is 18.2 Å². The van der Waals surface area contributed by atoms with Crippen LogP contribution in [0, 0.1) is 0 Å². The molecule has 0 saturated carbocycles. The number of phenols is 1. The molecule has 1 fully saturated rings. The molecule has 154 valence electrons. The van der Waals surface area contributed by atoms with Crippen molar-refractivity contribution >= 4 is 35.5 Å². The fraction of sp³-hybridized carbons (Fsp3) is 0.333. The van der Waals surface area contributed by atoms with E-state index in [1.807, 2.05) is 0 Å². The number of hydrogen-bond donors (Lipinski definition) is 4. The molecule has 29 heavy (non-hydrogen) atoms. The fourth-order valence-corrected chi connectivity index (χ4v) is 4.39. The summed E-state index contributed by atoms with van der Waals surface area (Å²) < 4.78 is 4.87. The molecule has 0 spiro atoms. The lowest BCUT2D eigenvalue weighted by Gasteiger charge is -2.49. The van der Waals surface area contributed by atoms with Gasteiger partial charge in [-0.25, -0.2) is 4.79 Å². The van der Waals surface area contributed by atoms with Crippen molar-refractivity contribution in [3.63, 3.8) is 0 Å². The Morgan fingerprint density at radius 2 is 2.00 bits per heavy atom. The zero-order valence-electron chi connectivity index (χ0n) is 15.3. The molecule has 10 nitrogen and oxygen atoms in total. The highest BCUT2D eigenvalue weighted by atomic mass is 32.2. The lowest BCUT2D eigenvalue weighted by atomic mass is 10.0. The number of amides is 2. The minimum Gasteiger partial charge on any atom is -0.508 e. The molecular formula is C18H19N3O7S. The predicted octanol–water partition coefficient (Wildman–Crippen LogP) is -0.306. The molecule has 1 saturated heterocycles. The van der Waals surface area contributed by atoms with Crippen LogP contribution >= 0.6 is 11.8 Å². The first-order valence-electron chi connectivity index (χ1n) is 8.59. The first kappa shape index (κ1) is 20.7. The maximum Gasteiger partial charge on any atom is 0.352 e. The Hall–Kier alpha value is -3.05. The lowest BCUT2D eigenvalue weighted by molar-refractivity contribution is -0.151. The topological polar surface area (TPSA) is 159 Å². The van der Waals surface area contributed by atoms with Crippen LogP contribution in [0.2, 0.25) is 0 Å². The molecule has 2 heterocycles. The highest BCUT2D eigenvalue weighted by Gasteiger charge is 2.54.